The molecule has 0 amide bonds. The van der Waals surface area contributed by atoms with Crippen LogP contribution in [0.3, 0.4) is 0 Å². The molecule has 1 fully saturated rings. The molecule has 18 heavy (non-hydrogen) atoms. The number of hydrogen-bond acceptors (Lipinski definition) is 3. The molecule has 1 aromatic carbocycles. The number of anilines is 1. The lowest BCUT2D eigenvalue weighted by molar-refractivity contribution is 0.998. The second-order valence-electron chi connectivity index (χ2n) is 4.44. The summed E-state index contributed by atoms with van der Waals surface area (Å²) in [6.45, 7) is 0. The van der Waals surface area contributed by atoms with Crippen molar-refractivity contribution in [2.75, 3.05) is 5.73 Å². The van der Waals surface area contributed by atoms with Gasteiger partial charge in [0.2, 0.25) is 0 Å². The lowest BCUT2D eigenvalue weighted by Crippen LogP contribution is -1.99. The van der Waals surface area contributed by atoms with Crippen LogP contribution in [0.1, 0.15) is 24.5 Å². The molecule has 1 aliphatic carbocycles. The summed E-state index contributed by atoms with van der Waals surface area (Å²) in [5, 5.41) is 1.13. The molecule has 1 aromatic heterocycles. The van der Waals surface area contributed by atoms with Crippen molar-refractivity contribution in [3.05, 3.63) is 40.0 Å². The van der Waals surface area contributed by atoms with Crippen LogP contribution in [0.4, 0.5) is 5.82 Å². The molecule has 3 nitrogen and oxygen atoms in total. The highest BCUT2D eigenvalue weighted by molar-refractivity contribution is 6.36. The van der Waals surface area contributed by atoms with Gasteiger partial charge in [-0.2, -0.15) is 0 Å². The highest BCUT2D eigenvalue weighted by Gasteiger charge is 2.26. The Morgan fingerprint density at radius 1 is 1.11 bits per heavy atom. The van der Waals surface area contributed by atoms with Crippen LogP contribution in [0.5, 0.6) is 0 Å². The Morgan fingerprint density at radius 3 is 2.56 bits per heavy atom. The van der Waals surface area contributed by atoms with Gasteiger partial charge in [-0.15, -0.1) is 0 Å². The predicted molar refractivity (Wildman–Crippen MR) is 73.9 cm³/mol. The first kappa shape index (κ1) is 11.8. The molecule has 1 heterocycles. The van der Waals surface area contributed by atoms with Crippen LogP contribution in [0.2, 0.25) is 10.0 Å². The van der Waals surface area contributed by atoms with Gasteiger partial charge in [0, 0.05) is 28.3 Å². The van der Waals surface area contributed by atoms with Gasteiger partial charge in [0.25, 0.3) is 0 Å². The molecule has 0 unspecified atom stereocenters. The van der Waals surface area contributed by atoms with Crippen molar-refractivity contribution < 1.29 is 0 Å². The largest absolute Gasteiger partial charge is 0.384 e. The van der Waals surface area contributed by atoms with Gasteiger partial charge in [0.05, 0.1) is 5.02 Å². The van der Waals surface area contributed by atoms with E-state index in [-0.39, 0.29) is 0 Å². The molecular weight excluding hydrogens is 269 g/mol. The van der Waals surface area contributed by atoms with Crippen LogP contribution < -0.4 is 5.73 Å². The minimum absolute atomic E-state index is 0.480. The van der Waals surface area contributed by atoms with E-state index in [1.807, 2.05) is 12.1 Å². The quantitative estimate of drug-likeness (QED) is 0.907. The molecule has 2 aromatic rings. The molecule has 0 radical (unpaired) electrons. The maximum Gasteiger partial charge on any atom is 0.163 e. The summed E-state index contributed by atoms with van der Waals surface area (Å²) in [5.74, 6) is 1.58. The molecule has 0 aliphatic heterocycles. The van der Waals surface area contributed by atoms with Gasteiger partial charge in [-0.3, -0.25) is 0 Å². The zero-order valence-electron chi connectivity index (χ0n) is 9.53. The molecule has 0 atom stereocenters. The van der Waals surface area contributed by atoms with Crippen LogP contribution in [0, 0.1) is 0 Å². The Balaban J connectivity index is 2.10. The average Bonchev–Trinajstić information content (AvgIpc) is 3.11. The van der Waals surface area contributed by atoms with Gasteiger partial charge in [-0.25, -0.2) is 9.97 Å². The SMILES string of the molecule is Nc1cc(C2CC2)nc(-c2ccc(Cl)cc2Cl)n1. The summed E-state index contributed by atoms with van der Waals surface area (Å²) in [4.78, 5) is 8.78. The van der Waals surface area contributed by atoms with Crippen molar-refractivity contribution in [2.45, 2.75) is 18.8 Å². The minimum atomic E-state index is 0.480. The molecule has 0 saturated heterocycles. The van der Waals surface area contributed by atoms with Crippen molar-refractivity contribution in [1.29, 1.82) is 0 Å². The van der Waals surface area contributed by atoms with Crippen LogP contribution in [-0.4, -0.2) is 9.97 Å². The van der Waals surface area contributed by atoms with E-state index < -0.39 is 0 Å². The molecule has 92 valence electrons. The van der Waals surface area contributed by atoms with E-state index in [0.29, 0.717) is 27.6 Å². The molecule has 5 heteroatoms. The van der Waals surface area contributed by atoms with Crippen LogP contribution >= 0.6 is 23.2 Å². The summed E-state index contributed by atoms with van der Waals surface area (Å²) >= 11 is 12.0. The number of halogens is 2. The van der Waals surface area contributed by atoms with Gasteiger partial charge in [-0.05, 0) is 31.0 Å². The molecule has 2 N–H and O–H groups in total. The Labute approximate surface area is 115 Å². The van der Waals surface area contributed by atoms with Gasteiger partial charge in [-0.1, -0.05) is 23.2 Å². The Bertz CT molecular complexity index is 609. The second-order valence-corrected chi connectivity index (χ2v) is 5.28. The Hall–Kier alpha value is -1.32. The van der Waals surface area contributed by atoms with E-state index in [1.165, 1.54) is 12.8 Å². The Morgan fingerprint density at radius 2 is 1.89 bits per heavy atom. The molecule has 1 saturated carbocycles. The van der Waals surface area contributed by atoms with Crippen molar-refractivity contribution >= 4 is 29.0 Å². The van der Waals surface area contributed by atoms with Gasteiger partial charge < -0.3 is 5.73 Å². The lowest BCUT2D eigenvalue weighted by atomic mass is 10.2. The van der Waals surface area contributed by atoms with E-state index in [2.05, 4.69) is 9.97 Å². The third kappa shape index (κ3) is 2.28. The third-order valence-corrected chi connectivity index (χ3v) is 3.48. The van der Waals surface area contributed by atoms with Gasteiger partial charge >= 0.3 is 0 Å². The highest BCUT2D eigenvalue weighted by atomic mass is 35.5. The van der Waals surface area contributed by atoms with Crippen molar-refractivity contribution in [3.8, 4) is 11.4 Å². The number of nitrogens with two attached hydrogens (primary N) is 1. The smallest absolute Gasteiger partial charge is 0.163 e. The van der Waals surface area contributed by atoms with Gasteiger partial charge in [0.1, 0.15) is 5.82 Å². The monoisotopic (exact) mass is 279 g/mol. The van der Waals surface area contributed by atoms with E-state index >= 15 is 0 Å². The third-order valence-electron chi connectivity index (χ3n) is 2.93. The summed E-state index contributed by atoms with van der Waals surface area (Å²) < 4.78 is 0. The molecule has 0 spiro atoms. The Kier molecular flexibility index (Phi) is 2.88. The summed E-state index contributed by atoms with van der Waals surface area (Å²) in [6, 6.07) is 7.11. The van der Waals surface area contributed by atoms with E-state index in [1.54, 1.807) is 12.1 Å². The number of hydrogen-bond donors (Lipinski definition) is 1. The number of aromatic nitrogens is 2. The zero-order chi connectivity index (χ0) is 12.7. The number of rotatable bonds is 2. The van der Waals surface area contributed by atoms with E-state index in [9.17, 15) is 0 Å². The zero-order valence-corrected chi connectivity index (χ0v) is 11.0. The number of nitrogens with zero attached hydrogens (tertiary/aromatic N) is 2. The maximum atomic E-state index is 6.16. The van der Waals surface area contributed by atoms with Crippen LogP contribution in [-0.2, 0) is 0 Å². The fourth-order valence-corrected chi connectivity index (χ4v) is 2.36. The second kappa shape index (κ2) is 4.41. The fraction of sp³-hybridized carbons (Fsp3) is 0.231. The number of benzene rings is 1. The number of nitrogen functional groups attached to an aromatic ring is 1. The van der Waals surface area contributed by atoms with Gasteiger partial charge in [0.15, 0.2) is 5.82 Å². The first-order valence-electron chi connectivity index (χ1n) is 5.73. The van der Waals surface area contributed by atoms with E-state index in [0.717, 1.165) is 11.3 Å². The average molecular weight is 280 g/mol. The topological polar surface area (TPSA) is 51.8 Å². The summed E-state index contributed by atoms with van der Waals surface area (Å²) in [6.07, 6.45) is 2.34. The van der Waals surface area contributed by atoms with Crippen molar-refractivity contribution in [1.82, 2.24) is 9.97 Å². The van der Waals surface area contributed by atoms with Crippen LogP contribution in [0.15, 0.2) is 24.3 Å². The first-order chi connectivity index (χ1) is 8.63. The fourth-order valence-electron chi connectivity index (χ4n) is 1.87. The summed E-state index contributed by atoms with van der Waals surface area (Å²) in [5.41, 5.74) is 7.58. The maximum absolute atomic E-state index is 6.16. The highest BCUT2D eigenvalue weighted by Crippen LogP contribution is 2.40. The van der Waals surface area contributed by atoms with Crippen molar-refractivity contribution in [2.24, 2.45) is 0 Å². The van der Waals surface area contributed by atoms with Crippen molar-refractivity contribution in [3.63, 3.8) is 0 Å². The molecular formula is C13H11Cl2N3. The van der Waals surface area contributed by atoms with Crippen LogP contribution in [0.25, 0.3) is 11.4 Å². The normalized spacial score (nSPS) is 14.8. The lowest BCUT2D eigenvalue weighted by Gasteiger charge is -2.07. The van der Waals surface area contributed by atoms with E-state index in [4.69, 9.17) is 28.9 Å². The predicted octanol–water partition coefficient (Wildman–Crippen LogP) is 3.91. The first-order valence-corrected chi connectivity index (χ1v) is 6.49. The molecule has 3 rings (SSSR count). The molecule has 1 aliphatic rings. The minimum Gasteiger partial charge on any atom is -0.384 e. The molecule has 0 bridgehead atoms. The summed E-state index contributed by atoms with van der Waals surface area (Å²) in [7, 11) is 0. The standard InChI is InChI=1S/C13H11Cl2N3/c14-8-3-4-9(10(15)5-8)13-17-11(7-1-2-7)6-12(16)18-13/h3-7H,1-2H2,(H2,16,17,18).